The maximum absolute atomic E-state index is 10.6. The van der Waals surface area contributed by atoms with Crippen molar-refractivity contribution < 1.29 is 18.7 Å². The predicted molar refractivity (Wildman–Crippen MR) is 87.6 cm³/mol. The Bertz CT molecular complexity index is 803. The number of ketones is 1. The van der Waals surface area contributed by atoms with Gasteiger partial charge in [-0.15, -0.1) is 0 Å². The van der Waals surface area contributed by atoms with E-state index in [1.165, 1.54) is 19.7 Å². The summed E-state index contributed by atoms with van der Waals surface area (Å²) >= 11 is 0. The van der Waals surface area contributed by atoms with Crippen molar-refractivity contribution in [2.24, 2.45) is 0 Å². The molecule has 1 atom stereocenters. The van der Waals surface area contributed by atoms with E-state index in [1.807, 2.05) is 37.3 Å². The fourth-order valence-electron chi connectivity index (χ4n) is 2.30. The molecule has 0 radical (unpaired) electrons. The minimum atomic E-state index is -1.12. The van der Waals surface area contributed by atoms with Crippen LogP contribution in [0.2, 0.25) is 0 Å². The van der Waals surface area contributed by atoms with Crippen molar-refractivity contribution in [3.63, 3.8) is 0 Å². The number of hydrogen-bond acceptors (Lipinski definition) is 6. The Morgan fingerprint density at radius 2 is 1.62 bits per heavy atom. The van der Waals surface area contributed by atoms with E-state index < -0.39 is 5.60 Å². The van der Waals surface area contributed by atoms with E-state index in [0.29, 0.717) is 22.9 Å². The van der Waals surface area contributed by atoms with E-state index in [2.05, 4.69) is 9.97 Å². The first kappa shape index (κ1) is 17.6. The molecule has 2 heterocycles. The van der Waals surface area contributed by atoms with E-state index in [1.54, 1.807) is 13.8 Å². The SMILES string of the molecule is CC(=O)c1ocnc1C.Cc1ncoc1C(C)(O)c1ccccc1. The van der Waals surface area contributed by atoms with E-state index >= 15 is 0 Å². The van der Waals surface area contributed by atoms with Crippen molar-refractivity contribution in [1.29, 1.82) is 0 Å². The third-order valence-electron chi connectivity index (χ3n) is 3.59. The highest BCUT2D eigenvalue weighted by molar-refractivity contribution is 5.92. The molecule has 126 valence electrons. The number of nitrogens with zero attached hydrogens (tertiary/aromatic N) is 2. The van der Waals surface area contributed by atoms with Gasteiger partial charge in [0.1, 0.15) is 5.60 Å². The van der Waals surface area contributed by atoms with E-state index in [0.717, 1.165) is 5.56 Å². The van der Waals surface area contributed by atoms with Crippen molar-refractivity contribution in [3.8, 4) is 0 Å². The average Bonchev–Trinajstić information content (AvgIpc) is 3.17. The number of oxazole rings is 2. The number of aromatic nitrogens is 2. The monoisotopic (exact) mass is 328 g/mol. The molecule has 6 nitrogen and oxygen atoms in total. The maximum atomic E-state index is 10.6. The Balaban J connectivity index is 0.000000198. The molecular weight excluding hydrogens is 308 g/mol. The Labute approximate surface area is 140 Å². The highest BCUT2D eigenvalue weighted by Crippen LogP contribution is 2.30. The fraction of sp³-hybridized carbons (Fsp3) is 0.278. The number of rotatable bonds is 3. The average molecular weight is 328 g/mol. The van der Waals surface area contributed by atoms with Crippen LogP contribution in [0.1, 0.15) is 47.1 Å². The molecule has 0 aliphatic carbocycles. The predicted octanol–water partition coefficient (Wildman–Crippen LogP) is 3.42. The fourth-order valence-corrected chi connectivity index (χ4v) is 2.30. The molecule has 0 spiro atoms. The van der Waals surface area contributed by atoms with Crippen molar-refractivity contribution in [1.82, 2.24) is 9.97 Å². The van der Waals surface area contributed by atoms with Gasteiger partial charge in [-0.05, 0) is 26.3 Å². The van der Waals surface area contributed by atoms with Gasteiger partial charge in [-0.25, -0.2) is 9.97 Å². The third-order valence-corrected chi connectivity index (χ3v) is 3.59. The summed E-state index contributed by atoms with van der Waals surface area (Å²) in [5.74, 6) is 0.772. The molecule has 0 amide bonds. The van der Waals surface area contributed by atoms with Crippen LogP contribution in [0.3, 0.4) is 0 Å². The Hall–Kier alpha value is -2.73. The standard InChI is InChI=1S/C12H13NO2.C6H7NO2/c1-9-11(15-8-13-9)12(2,14)10-6-4-3-5-7-10;1-4-6(5(2)8)9-3-7-4/h3-8,14H,1-2H3;3H,1-2H3. The summed E-state index contributed by atoms with van der Waals surface area (Å²) in [5, 5.41) is 10.4. The molecular formula is C18H20N2O4. The van der Waals surface area contributed by atoms with Gasteiger partial charge in [0, 0.05) is 6.92 Å². The Morgan fingerprint density at radius 1 is 1.04 bits per heavy atom. The van der Waals surface area contributed by atoms with Crippen LogP contribution in [0.25, 0.3) is 0 Å². The first-order valence-corrected chi connectivity index (χ1v) is 7.43. The summed E-state index contributed by atoms with van der Waals surface area (Å²) in [7, 11) is 0. The lowest BCUT2D eigenvalue weighted by molar-refractivity contribution is 0.0759. The van der Waals surface area contributed by atoms with E-state index in [4.69, 9.17) is 8.83 Å². The van der Waals surface area contributed by atoms with Crippen LogP contribution in [-0.2, 0) is 5.60 Å². The van der Waals surface area contributed by atoms with Gasteiger partial charge in [-0.1, -0.05) is 30.3 Å². The highest BCUT2D eigenvalue weighted by atomic mass is 16.4. The molecule has 0 bridgehead atoms. The highest BCUT2D eigenvalue weighted by Gasteiger charge is 2.30. The first-order chi connectivity index (χ1) is 11.3. The molecule has 1 aromatic carbocycles. The second-order valence-corrected chi connectivity index (χ2v) is 5.53. The molecule has 0 saturated heterocycles. The maximum Gasteiger partial charge on any atom is 0.196 e. The summed E-state index contributed by atoms with van der Waals surface area (Å²) in [6, 6.07) is 9.40. The zero-order chi connectivity index (χ0) is 17.7. The van der Waals surface area contributed by atoms with Crippen molar-refractivity contribution in [2.75, 3.05) is 0 Å². The van der Waals surface area contributed by atoms with Crippen LogP contribution >= 0.6 is 0 Å². The normalized spacial score (nSPS) is 12.9. The third kappa shape index (κ3) is 3.78. The summed E-state index contributed by atoms with van der Waals surface area (Å²) in [6.45, 7) is 6.71. The van der Waals surface area contributed by atoms with Gasteiger partial charge in [0.15, 0.2) is 30.1 Å². The first-order valence-electron chi connectivity index (χ1n) is 7.43. The van der Waals surface area contributed by atoms with Crippen molar-refractivity contribution >= 4 is 5.78 Å². The van der Waals surface area contributed by atoms with Crippen LogP contribution in [0.5, 0.6) is 0 Å². The van der Waals surface area contributed by atoms with Gasteiger partial charge in [0.25, 0.3) is 0 Å². The topological polar surface area (TPSA) is 89.4 Å². The molecule has 1 N–H and O–H groups in total. The number of aryl methyl sites for hydroxylation is 2. The molecule has 0 aliphatic rings. The number of aliphatic hydroxyl groups is 1. The number of Topliss-reactive ketones (excluding diaryl/α,β-unsaturated/α-hetero) is 1. The smallest absolute Gasteiger partial charge is 0.196 e. The molecule has 0 aliphatic heterocycles. The molecule has 1 unspecified atom stereocenters. The second-order valence-electron chi connectivity index (χ2n) is 5.53. The Morgan fingerprint density at radius 3 is 2.04 bits per heavy atom. The van der Waals surface area contributed by atoms with Crippen LogP contribution in [0.15, 0.2) is 52.0 Å². The van der Waals surface area contributed by atoms with Gasteiger partial charge in [0.05, 0.1) is 11.4 Å². The van der Waals surface area contributed by atoms with Crippen LogP contribution < -0.4 is 0 Å². The zero-order valence-electron chi connectivity index (χ0n) is 14.1. The lowest BCUT2D eigenvalue weighted by Gasteiger charge is -2.21. The largest absolute Gasteiger partial charge is 0.445 e. The summed E-state index contributed by atoms with van der Waals surface area (Å²) in [4.78, 5) is 18.3. The molecule has 0 fully saturated rings. The Kier molecular flexibility index (Phi) is 5.31. The quantitative estimate of drug-likeness (QED) is 0.741. The summed E-state index contributed by atoms with van der Waals surface area (Å²) in [5.41, 5.74) is 1.04. The van der Waals surface area contributed by atoms with Crippen LogP contribution in [0, 0.1) is 13.8 Å². The van der Waals surface area contributed by atoms with E-state index in [-0.39, 0.29) is 5.78 Å². The number of benzene rings is 1. The second kappa shape index (κ2) is 7.23. The molecule has 3 rings (SSSR count). The minimum absolute atomic E-state index is 0.0787. The minimum Gasteiger partial charge on any atom is -0.445 e. The molecule has 0 saturated carbocycles. The lowest BCUT2D eigenvalue weighted by Crippen LogP contribution is -2.23. The lowest BCUT2D eigenvalue weighted by atomic mass is 9.92. The summed E-state index contributed by atoms with van der Waals surface area (Å²) in [6.07, 6.45) is 2.62. The summed E-state index contributed by atoms with van der Waals surface area (Å²) < 4.78 is 9.99. The van der Waals surface area contributed by atoms with Gasteiger partial charge in [-0.3, -0.25) is 4.79 Å². The molecule has 2 aromatic heterocycles. The van der Waals surface area contributed by atoms with E-state index in [9.17, 15) is 9.90 Å². The van der Waals surface area contributed by atoms with Crippen molar-refractivity contribution in [3.05, 3.63) is 71.6 Å². The molecule has 3 aromatic rings. The van der Waals surface area contributed by atoms with Crippen LogP contribution in [0.4, 0.5) is 0 Å². The molecule has 24 heavy (non-hydrogen) atoms. The van der Waals surface area contributed by atoms with Crippen molar-refractivity contribution in [2.45, 2.75) is 33.3 Å². The van der Waals surface area contributed by atoms with Gasteiger partial charge >= 0.3 is 0 Å². The van der Waals surface area contributed by atoms with Gasteiger partial charge < -0.3 is 13.9 Å². The zero-order valence-corrected chi connectivity index (χ0v) is 14.1. The van der Waals surface area contributed by atoms with Gasteiger partial charge in [0.2, 0.25) is 0 Å². The van der Waals surface area contributed by atoms with Crippen LogP contribution in [-0.4, -0.2) is 20.9 Å². The number of hydrogen-bond donors (Lipinski definition) is 1. The van der Waals surface area contributed by atoms with Gasteiger partial charge in [-0.2, -0.15) is 0 Å². The molecule has 6 heteroatoms. The number of carbonyl (C=O) groups is 1. The number of carbonyl (C=O) groups excluding carboxylic acids is 1.